The molecular formula is C14H23N3. The van der Waals surface area contributed by atoms with Gasteiger partial charge in [-0.05, 0) is 37.8 Å². The van der Waals surface area contributed by atoms with Crippen LogP contribution < -0.4 is 11.1 Å². The lowest BCUT2D eigenvalue weighted by Crippen LogP contribution is -2.32. The zero-order valence-corrected chi connectivity index (χ0v) is 10.9. The Balaban J connectivity index is 2.10. The summed E-state index contributed by atoms with van der Waals surface area (Å²) in [6.07, 6.45) is 6.50. The van der Waals surface area contributed by atoms with E-state index in [0.717, 1.165) is 23.1 Å². The number of aromatic nitrogens is 1. The second-order valence-electron chi connectivity index (χ2n) is 5.09. The van der Waals surface area contributed by atoms with Gasteiger partial charge >= 0.3 is 0 Å². The van der Waals surface area contributed by atoms with Gasteiger partial charge in [0.25, 0.3) is 0 Å². The van der Waals surface area contributed by atoms with Crippen molar-refractivity contribution in [2.75, 3.05) is 11.1 Å². The summed E-state index contributed by atoms with van der Waals surface area (Å²) in [6.45, 7) is 4.28. The molecule has 1 aliphatic rings. The smallest absolute Gasteiger partial charge is 0.149 e. The van der Waals surface area contributed by atoms with E-state index in [1.807, 2.05) is 19.1 Å². The average Bonchev–Trinajstić information content (AvgIpc) is 2.34. The minimum atomic E-state index is 0.547. The standard InChI is InChI=1S/C14H23N3/c1-3-11-6-4-5-7-13(11)17-14-12(15)9-8-10(2)16-14/h8-9,11,13H,3-7,15H2,1-2H3,(H,16,17). The Labute approximate surface area is 104 Å². The van der Waals surface area contributed by atoms with Crippen LogP contribution in [-0.4, -0.2) is 11.0 Å². The molecule has 2 unspecified atom stereocenters. The highest BCUT2D eigenvalue weighted by molar-refractivity contribution is 5.61. The largest absolute Gasteiger partial charge is 0.396 e. The second-order valence-corrected chi connectivity index (χ2v) is 5.09. The van der Waals surface area contributed by atoms with Crippen LogP contribution >= 0.6 is 0 Å². The number of nitrogen functional groups attached to an aromatic ring is 1. The van der Waals surface area contributed by atoms with Crippen molar-refractivity contribution in [1.29, 1.82) is 0 Å². The number of nitrogens with one attached hydrogen (secondary N) is 1. The van der Waals surface area contributed by atoms with E-state index in [4.69, 9.17) is 5.73 Å². The molecule has 2 rings (SSSR count). The number of hydrogen-bond acceptors (Lipinski definition) is 3. The van der Waals surface area contributed by atoms with Gasteiger partial charge in [0.15, 0.2) is 0 Å². The molecule has 1 aliphatic carbocycles. The van der Waals surface area contributed by atoms with Crippen LogP contribution in [0.1, 0.15) is 44.7 Å². The van der Waals surface area contributed by atoms with E-state index in [1.54, 1.807) is 0 Å². The van der Waals surface area contributed by atoms with Gasteiger partial charge in [0, 0.05) is 11.7 Å². The first-order chi connectivity index (χ1) is 8.20. The highest BCUT2D eigenvalue weighted by Gasteiger charge is 2.24. The summed E-state index contributed by atoms with van der Waals surface area (Å²) in [5, 5.41) is 3.55. The molecule has 1 saturated carbocycles. The van der Waals surface area contributed by atoms with Crippen LogP contribution in [0.4, 0.5) is 11.5 Å². The minimum absolute atomic E-state index is 0.547. The zero-order chi connectivity index (χ0) is 12.3. The van der Waals surface area contributed by atoms with E-state index >= 15 is 0 Å². The Morgan fingerprint density at radius 1 is 1.35 bits per heavy atom. The van der Waals surface area contributed by atoms with E-state index in [9.17, 15) is 0 Å². The van der Waals surface area contributed by atoms with Crippen molar-refractivity contribution < 1.29 is 0 Å². The fraction of sp³-hybridized carbons (Fsp3) is 0.643. The van der Waals surface area contributed by atoms with Crippen molar-refractivity contribution in [3.05, 3.63) is 17.8 Å². The summed E-state index contributed by atoms with van der Waals surface area (Å²) >= 11 is 0. The lowest BCUT2D eigenvalue weighted by atomic mass is 9.83. The highest BCUT2D eigenvalue weighted by atomic mass is 15.0. The Morgan fingerprint density at radius 3 is 2.88 bits per heavy atom. The number of aryl methyl sites for hydroxylation is 1. The topological polar surface area (TPSA) is 50.9 Å². The van der Waals surface area contributed by atoms with Crippen LogP contribution in [0.3, 0.4) is 0 Å². The Bertz CT molecular complexity index is 376. The fourth-order valence-electron chi connectivity index (χ4n) is 2.75. The van der Waals surface area contributed by atoms with Crippen LogP contribution in [0, 0.1) is 12.8 Å². The number of rotatable bonds is 3. The molecule has 3 nitrogen and oxygen atoms in total. The number of nitrogens with zero attached hydrogens (tertiary/aromatic N) is 1. The van der Waals surface area contributed by atoms with Gasteiger partial charge in [-0.3, -0.25) is 0 Å². The molecule has 3 N–H and O–H groups in total. The normalized spacial score (nSPS) is 24.6. The molecule has 0 aromatic carbocycles. The van der Waals surface area contributed by atoms with Gasteiger partial charge < -0.3 is 11.1 Å². The Kier molecular flexibility index (Phi) is 3.87. The molecule has 0 spiro atoms. The van der Waals surface area contributed by atoms with Crippen LogP contribution in [0.15, 0.2) is 12.1 Å². The molecule has 0 radical (unpaired) electrons. The summed E-state index contributed by atoms with van der Waals surface area (Å²) in [5.74, 6) is 1.64. The van der Waals surface area contributed by atoms with Gasteiger partial charge in [0.05, 0.1) is 5.69 Å². The molecule has 1 heterocycles. The predicted molar refractivity (Wildman–Crippen MR) is 73.0 cm³/mol. The average molecular weight is 233 g/mol. The Hall–Kier alpha value is -1.25. The van der Waals surface area contributed by atoms with Crippen LogP contribution in [0.5, 0.6) is 0 Å². The quantitative estimate of drug-likeness (QED) is 0.841. The van der Waals surface area contributed by atoms with E-state index in [1.165, 1.54) is 32.1 Å². The molecule has 0 bridgehead atoms. The summed E-state index contributed by atoms with van der Waals surface area (Å²) in [6, 6.07) is 4.44. The van der Waals surface area contributed by atoms with Gasteiger partial charge in [-0.2, -0.15) is 0 Å². The van der Waals surface area contributed by atoms with Gasteiger partial charge in [-0.25, -0.2) is 4.98 Å². The summed E-state index contributed by atoms with van der Waals surface area (Å²) in [4.78, 5) is 4.50. The van der Waals surface area contributed by atoms with Gasteiger partial charge in [0.1, 0.15) is 5.82 Å². The molecule has 17 heavy (non-hydrogen) atoms. The SMILES string of the molecule is CCC1CCCCC1Nc1nc(C)ccc1N. The van der Waals surface area contributed by atoms with E-state index in [-0.39, 0.29) is 0 Å². The molecule has 3 heteroatoms. The molecule has 1 fully saturated rings. The second kappa shape index (κ2) is 5.39. The fourth-order valence-corrected chi connectivity index (χ4v) is 2.75. The summed E-state index contributed by atoms with van der Waals surface area (Å²) < 4.78 is 0. The van der Waals surface area contributed by atoms with Crippen molar-refractivity contribution >= 4 is 11.5 Å². The third-order valence-electron chi connectivity index (χ3n) is 3.82. The zero-order valence-electron chi connectivity index (χ0n) is 10.9. The van der Waals surface area contributed by atoms with E-state index < -0.39 is 0 Å². The molecule has 2 atom stereocenters. The lowest BCUT2D eigenvalue weighted by Gasteiger charge is -2.32. The van der Waals surface area contributed by atoms with Crippen molar-refractivity contribution in [3.8, 4) is 0 Å². The molecule has 1 aromatic rings. The van der Waals surface area contributed by atoms with Crippen molar-refractivity contribution in [1.82, 2.24) is 4.98 Å². The molecule has 94 valence electrons. The third kappa shape index (κ3) is 2.90. The number of anilines is 2. The van der Waals surface area contributed by atoms with Crippen molar-refractivity contribution in [2.24, 2.45) is 5.92 Å². The molecule has 1 aromatic heterocycles. The number of nitrogens with two attached hydrogens (primary N) is 1. The first-order valence-electron chi connectivity index (χ1n) is 6.70. The minimum Gasteiger partial charge on any atom is -0.396 e. The molecular weight excluding hydrogens is 210 g/mol. The molecule has 0 saturated heterocycles. The van der Waals surface area contributed by atoms with Crippen LogP contribution in [0.25, 0.3) is 0 Å². The highest BCUT2D eigenvalue weighted by Crippen LogP contribution is 2.30. The van der Waals surface area contributed by atoms with Gasteiger partial charge in [0.2, 0.25) is 0 Å². The maximum atomic E-state index is 5.97. The Morgan fingerprint density at radius 2 is 2.12 bits per heavy atom. The van der Waals surface area contributed by atoms with Crippen LogP contribution in [-0.2, 0) is 0 Å². The lowest BCUT2D eigenvalue weighted by molar-refractivity contribution is 0.317. The van der Waals surface area contributed by atoms with E-state index in [0.29, 0.717) is 6.04 Å². The maximum Gasteiger partial charge on any atom is 0.149 e. The van der Waals surface area contributed by atoms with Crippen LogP contribution in [0.2, 0.25) is 0 Å². The third-order valence-corrected chi connectivity index (χ3v) is 3.82. The molecule has 0 aliphatic heterocycles. The predicted octanol–water partition coefficient (Wildman–Crippen LogP) is 3.35. The summed E-state index contributed by atoms with van der Waals surface area (Å²) in [7, 11) is 0. The van der Waals surface area contributed by atoms with Crippen molar-refractivity contribution in [3.63, 3.8) is 0 Å². The van der Waals surface area contributed by atoms with Gasteiger partial charge in [-0.15, -0.1) is 0 Å². The van der Waals surface area contributed by atoms with Gasteiger partial charge in [-0.1, -0.05) is 26.2 Å². The first-order valence-corrected chi connectivity index (χ1v) is 6.70. The first kappa shape index (κ1) is 12.2. The number of pyridine rings is 1. The van der Waals surface area contributed by atoms with E-state index in [2.05, 4.69) is 17.2 Å². The molecule has 0 amide bonds. The summed E-state index contributed by atoms with van der Waals surface area (Å²) in [5.41, 5.74) is 7.75. The van der Waals surface area contributed by atoms with Crippen molar-refractivity contribution in [2.45, 2.75) is 52.0 Å². The maximum absolute atomic E-state index is 5.97. The monoisotopic (exact) mass is 233 g/mol. The number of hydrogen-bond donors (Lipinski definition) is 2.